The minimum Gasteiger partial charge on any atom is -0.325 e. The molecule has 0 unspecified atom stereocenters. The van der Waals surface area contributed by atoms with Crippen LogP contribution in [-0.2, 0) is 20.2 Å². The van der Waals surface area contributed by atoms with E-state index in [1.54, 1.807) is 0 Å². The topological polar surface area (TPSA) is 78.5 Å². The molecule has 2 aromatic carbocycles. The molecule has 174 valence electrons. The molecule has 0 aliphatic carbocycles. The van der Waals surface area contributed by atoms with E-state index in [-0.39, 0.29) is 17.4 Å². The van der Waals surface area contributed by atoms with E-state index in [4.69, 9.17) is 0 Å². The number of benzene rings is 2. The van der Waals surface area contributed by atoms with Crippen LogP contribution in [0, 0.1) is 13.8 Å². The third kappa shape index (κ3) is 6.18. The van der Waals surface area contributed by atoms with Gasteiger partial charge in [-0.3, -0.25) is 9.69 Å². The number of nitrogens with zero attached hydrogens (tertiary/aromatic N) is 1. The fourth-order valence-electron chi connectivity index (χ4n) is 4.22. The zero-order chi connectivity index (χ0) is 23.5. The minimum absolute atomic E-state index is 0.0368. The zero-order valence-corrected chi connectivity index (χ0v) is 20.6. The smallest absolute Gasteiger partial charge is 0.241 e. The Hall–Kier alpha value is -2.22. The van der Waals surface area contributed by atoms with Crippen molar-refractivity contribution in [3.63, 3.8) is 0 Å². The second-order valence-corrected chi connectivity index (χ2v) is 11.4. The Morgan fingerprint density at radius 1 is 1.03 bits per heavy atom. The van der Waals surface area contributed by atoms with E-state index in [1.807, 2.05) is 56.3 Å². The lowest BCUT2D eigenvalue weighted by Crippen LogP contribution is -2.46. The Morgan fingerprint density at radius 3 is 2.12 bits per heavy atom. The van der Waals surface area contributed by atoms with Crippen molar-refractivity contribution in [3.05, 3.63) is 59.2 Å². The number of piperidine rings is 1. The highest BCUT2D eigenvalue weighted by atomic mass is 32.2. The van der Waals surface area contributed by atoms with Crippen molar-refractivity contribution in [1.29, 1.82) is 0 Å². The Labute approximate surface area is 192 Å². The molecule has 6 nitrogen and oxygen atoms in total. The maximum absolute atomic E-state index is 13.2. The highest BCUT2D eigenvalue weighted by Crippen LogP contribution is 2.29. The van der Waals surface area contributed by atoms with Crippen LogP contribution in [0.4, 0.5) is 5.69 Å². The largest absolute Gasteiger partial charge is 0.325 e. The van der Waals surface area contributed by atoms with Crippen LogP contribution in [0.2, 0.25) is 0 Å². The SMILES string of the molecule is Cc1cc(C(C)(C)C)cc(C)c1S(=O)(=O)NC1CCN(CC(=O)Nc2ccccc2)CC1. The van der Waals surface area contributed by atoms with Gasteiger partial charge in [0.15, 0.2) is 0 Å². The molecular weight excluding hydrogens is 422 g/mol. The molecule has 2 aromatic rings. The Bertz CT molecular complexity index is 1030. The molecule has 3 rings (SSSR count). The second kappa shape index (κ2) is 9.73. The first-order valence-electron chi connectivity index (χ1n) is 11.2. The normalized spacial score (nSPS) is 16.2. The summed E-state index contributed by atoms with van der Waals surface area (Å²) in [5.41, 5.74) is 3.43. The standard InChI is InChI=1S/C25H35N3O3S/c1-18-15-20(25(3,4)5)16-19(2)24(18)32(30,31)27-22-11-13-28(14-12-22)17-23(29)26-21-9-7-6-8-10-21/h6-10,15-16,22,27H,11-14,17H2,1-5H3,(H,26,29). The van der Waals surface area contributed by atoms with Gasteiger partial charge in [0.1, 0.15) is 0 Å². The van der Waals surface area contributed by atoms with E-state index in [0.29, 0.717) is 37.4 Å². The third-order valence-corrected chi connectivity index (χ3v) is 7.75. The van der Waals surface area contributed by atoms with Crippen LogP contribution in [0.25, 0.3) is 0 Å². The van der Waals surface area contributed by atoms with Crippen LogP contribution in [0.5, 0.6) is 0 Å². The van der Waals surface area contributed by atoms with Crippen LogP contribution in [-0.4, -0.2) is 44.9 Å². The molecule has 1 aliphatic heterocycles. The van der Waals surface area contributed by atoms with Crippen LogP contribution in [0.3, 0.4) is 0 Å². The molecule has 0 radical (unpaired) electrons. The highest BCUT2D eigenvalue weighted by Gasteiger charge is 2.28. The third-order valence-electron chi connectivity index (χ3n) is 5.93. The molecule has 0 spiro atoms. The number of amides is 1. The first kappa shape index (κ1) is 24.4. The van der Waals surface area contributed by atoms with Crippen LogP contribution in [0.1, 0.15) is 50.3 Å². The van der Waals surface area contributed by atoms with Gasteiger partial charge in [0.05, 0.1) is 11.4 Å². The van der Waals surface area contributed by atoms with Crippen molar-refractivity contribution >= 4 is 21.6 Å². The summed E-state index contributed by atoms with van der Waals surface area (Å²) in [7, 11) is -3.61. The molecule has 32 heavy (non-hydrogen) atoms. The second-order valence-electron chi connectivity index (χ2n) is 9.78. The van der Waals surface area contributed by atoms with Crippen molar-refractivity contribution in [2.75, 3.05) is 25.0 Å². The number of carbonyl (C=O) groups excluding carboxylic acids is 1. The fourth-order valence-corrected chi connectivity index (χ4v) is 5.98. The molecule has 1 amide bonds. The van der Waals surface area contributed by atoms with Crippen LogP contribution < -0.4 is 10.0 Å². The molecule has 1 saturated heterocycles. The summed E-state index contributed by atoms with van der Waals surface area (Å²) in [6, 6.07) is 13.2. The van der Waals surface area contributed by atoms with Crippen molar-refractivity contribution in [1.82, 2.24) is 9.62 Å². The van der Waals surface area contributed by atoms with Gasteiger partial charge < -0.3 is 5.32 Å². The van der Waals surface area contributed by atoms with E-state index in [0.717, 1.165) is 22.4 Å². The van der Waals surface area contributed by atoms with E-state index in [2.05, 4.69) is 35.7 Å². The van der Waals surface area contributed by atoms with Gasteiger partial charge in [-0.15, -0.1) is 0 Å². The average molecular weight is 458 g/mol. The number of hydrogen-bond donors (Lipinski definition) is 2. The number of hydrogen-bond acceptors (Lipinski definition) is 4. The lowest BCUT2D eigenvalue weighted by molar-refractivity contribution is -0.117. The Morgan fingerprint density at radius 2 is 1.59 bits per heavy atom. The number of carbonyl (C=O) groups is 1. The number of para-hydroxylation sites is 1. The summed E-state index contributed by atoms with van der Waals surface area (Å²) in [4.78, 5) is 14.7. The molecule has 0 aromatic heterocycles. The maximum Gasteiger partial charge on any atom is 0.241 e. The predicted molar refractivity (Wildman–Crippen MR) is 129 cm³/mol. The van der Waals surface area contributed by atoms with Gasteiger partial charge in [0, 0.05) is 24.8 Å². The molecular formula is C25H35N3O3S. The molecule has 1 fully saturated rings. The number of aryl methyl sites for hydroxylation is 2. The summed E-state index contributed by atoms with van der Waals surface area (Å²) in [6.45, 7) is 11.8. The Balaban J connectivity index is 1.58. The molecule has 1 heterocycles. The summed E-state index contributed by atoms with van der Waals surface area (Å²) in [5.74, 6) is -0.0552. The number of anilines is 1. The molecule has 7 heteroatoms. The van der Waals surface area contributed by atoms with E-state index >= 15 is 0 Å². The summed E-state index contributed by atoms with van der Waals surface area (Å²) in [5, 5.41) is 2.90. The van der Waals surface area contributed by atoms with Crippen LogP contribution >= 0.6 is 0 Å². The number of likely N-dealkylation sites (tertiary alicyclic amines) is 1. The van der Waals surface area contributed by atoms with Gasteiger partial charge in [-0.1, -0.05) is 51.1 Å². The van der Waals surface area contributed by atoms with E-state index < -0.39 is 10.0 Å². The quantitative estimate of drug-likeness (QED) is 0.688. The van der Waals surface area contributed by atoms with Crippen LogP contribution in [0.15, 0.2) is 47.4 Å². The minimum atomic E-state index is -3.61. The van der Waals surface area contributed by atoms with Gasteiger partial charge in [0.25, 0.3) is 0 Å². The Kier molecular flexibility index (Phi) is 7.43. The number of sulfonamides is 1. The average Bonchev–Trinajstić information content (AvgIpc) is 2.68. The molecule has 0 saturated carbocycles. The summed E-state index contributed by atoms with van der Waals surface area (Å²) in [6.07, 6.45) is 1.35. The van der Waals surface area contributed by atoms with Gasteiger partial charge in [-0.05, 0) is 60.9 Å². The fraction of sp³-hybridized carbons (Fsp3) is 0.480. The van der Waals surface area contributed by atoms with Gasteiger partial charge in [0.2, 0.25) is 15.9 Å². The van der Waals surface area contributed by atoms with Gasteiger partial charge in [-0.2, -0.15) is 0 Å². The molecule has 2 N–H and O–H groups in total. The molecule has 0 atom stereocenters. The van der Waals surface area contributed by atoms with Crippen molar-refractivity contribution in [3.8, 4) is 0 Å². The highest BCUT2D eigenvalue weighted by molar-refractivity contribution is 7.89. The first-order valence-corrected chi connectivity index (χ1v) is 12.7. The lowest BCUT2D eigenvalue weighted by Gasteiger charge is -2.32. The number of nitrogens with one attached hydrogen (secondary N) is 2. The first-order chi connectivity index (χ1) is 15.0. The van der Waals surface area contributed by atoms with Gasteiger partial charge in [-0.25, -0.2) is 13.1 Å². The van der Waals surface area contributed by atoms with E-state index in [9.17, 15) is 13.2 Å². The predicted octanol–water partition coefficient (Wildman–Crippen LogP) is 3.98. The van der Waals surface area contributed by atoms with Crippen molar-refractivity contribution < 1.29 is 13.2 Å². The summed E-state index contributed by atoms with van der Waals surface area (Å²) >= 11 is 0. The lowest BCUT2D eigenvalue weighted by atomic mass is 9.85. The summed E-state index contributed by atoms with van der Waals surface area (Å²) < 4.78 is 29.3. The molecule has 1 aliphatic rings. The van der Waals surface area contributed by atoms with E-state index in [1.165, 1.54) is 0 Å². The molecule has 0 bridgehead atoms. The monoisotopic (exact) mass is 457 g/mol. The van der Waals surface area contributed by atoms with Crippen molar-refractivity contribution in [2.45, 2.75) is 63.8 Å². The van der Waals surface area contributed by atoms with Crippen molar-refractivity contribution in [2.24, 2.45) is 0 Å². The maximum atomic E-state index is 13.2. The number of rotatable bonds is 6. The zero-order valence-electron chi connectivity index (χ0n) is 19.7. The van der Waals surface area contributed by atoms with Gasteiger partial charge >= 0.3 is 0 Å².